The van der Waals surface area contributed by atoms with Crippen LogP contribution in [0.25, 0.3) is 55.7 Å². The molecule has 0 N–H and O–H groups in total. The average molecular weight is 775 g/mol. The number of benzene rings is 3. The molecule has 3 aromatic carbocycles. The Kier molecular flexibility index (Phi) is 9.67. The van der Waals surface area contributed by atoms with Crippen LogP contribution in [-0.2, 0) is 9.59 Å². The molecule has 0 amide bonds. The molecule has 0 unspecified atom stereocenters. The summed E-state index contributed by atoms with van der Waals surface area (Å²) < 4.78 is 10.0. The van der Waals surface area contributed by atoms with Crippen molar-refractivity contribution in [1.29, 1.82) is 0 Å². The van der Waals surface area contributed by atoms with Crippen molar-refractivity contribution in [3.8, 4) is 22.5 Å². The van der Waals surface area contributed by atoms with Gasteiger partial charge in [0.15, 0.2) is 11.6 Å². The van der Waals surface area contributed by atoms with Crippen LogP contribution in [0.5, 0.6) is 0 Å². The van der Waals surface area contributed by atoms with Gasteiger partial charge in [-0.3, -0.25) is 9.59 Å². The molecule has 7 rings (SSSR count). The van der Waals surface area contributed by atoms with E-state index in [2.05, 4.69) is 145 Å². The Hall–Kier alpha value is -5.14. The highest BCUT2D eigenvalue weighted by Gasteiger charge is 2.36. The van der Waals surface area contributed by atoms with Crippen LogP contribution in [0, 0.1) is 35.5 Å². The molecule has 5 aromatic rings. The van der Waals surface area contributed by atoms with Gasteiger partial charge < -0.3 is 0 Å². The Morgan fingerprint density at radius 1 is 0.421 bits per heavy atom. The van der Waals surface area contributed by atoms with Crippen LogP contribution in [0.15, 0.2) is 95.1 Å². The fraction of sp³-hybridized carbons (Fsp3) is 0.360. The van der Waals surface area contributed by atoms with Gasteiger partial charge in [-0.05, 0) is 71.0 Å². The highest BCUT2D eigenvalue weighted by Crippen LogP contribution is 2.41. The van der Waals surface area contributed by atoms with Crippen LogP contribution >= 0.6 is 11.7 Å². The summed E-state index contributed by atoms with van der Waals surface area (Å²) in [5, 5.41) is 1.58. The smallest absolute Gasteiger partial charge is 0.186 e. The normalized spacial score (nSPS) is 16.0. The number of ketones is 2. The Labute approximate surface area is 341 Å². The lowest BCUT2D eigenvalue weighted by Crippen LogP contribution is -2.30. The third-order valence-electron chi connectivity index (χ3n) is 11.0. The summed E-state index contributed by atoms with van der Waals surface area (Å²) in [4.78, 5) is 39.8. The van der Waals surface area contributed by atoms with E-state index >= 15 is 0 Å². The second-order valence-electron chi connectivity index (χ2n) is 19.9. The van der Waals surface area contributed by atoms with Crippen LogP contribution < -0.4 is 10.4 Å². The maximum Gasteiger partial charge on any atom is 0.186 e. The number of aromatic nitrogens is 4. The van der Waals surface area contributed by atoms with Crippen molar-refractivity contribution >= 4 is 56.5 Å². The van der Waals surface area contributed by atoms with Crippen molar-refractivity contribution < 1.29 is 9.59 Å². The number of carbonyl (C=O) groups is 2. The van der Waals surface area contributed by atoms with Crippen LogP contribution in [-0.4, -0.2) is 30.3 Å². The second-order valence-corrected chi connectivity index (χ2v) is 20.4. The molecule has 0 spiro atoms. The van der Waals surface area contributed by atoms with E-state index in [1.165, 1.54) is 0 Å². The fourth-order valence-electron chi connectivity index (χ4n) is 7.67. The van der Waals surface area contributed by atoms with E-state index in [1.54, 1.807) is 0 Å². The molecule has 0 aliphatic heterocycles. The van der Waals surface area contributed by atoms with Gasteiger partial charge in [0, 0.05) is 43.9 Å². The van der Waals surface area contributed by atoms with E-state index in [1.807, 2.05) is 24.3 Å². The Morgan fingerprint density at radius 3 is 0.965 bits per heavy atom. The van der Waals surface area contributed by atoms with Gasteiger partial charge in [0.1, 0.15) is 22.1 Å². The molecule has 0 bridgehead atoms. The monoisotopic (exact) mass is 774 g/mol. The van der Waals surface area contributed by atoms with E-state index in [0.29, 0.717) is 22.1 Å². The lowest BCUT2D eigenvalue weighted by Gasteiger charge is -2.31. The number of rotatable bonds is 2. The minimum absolute atomic E-state index is 0.0579. The van der Waals surface area contributed by atoms with Crippen molar-refractivity contribution in [1.82, 2.24) is 18.7 Å². The molecule has 292 valence electrons. The molecule has 0 atom stereocenters. The number of hydrogen-bond donors (Lipinski definition) is 0. The average Bonchev–Trinajstić information content (AvgIpc) is 3.58. The SMILES string of the molecule is Cc1ccc(-c2nc3c(=C4C=C(C(C)(C)C)C(=O)C(C(C)(C)C)=C4)c4nsnc4c(=C4C=C(C(C)(C)C)C(=O)C(C(C)(C)C)=C4)c3nc2-c2ccc(C)cc2)cc1. The van der Waals surface area contributed by atoms with E-state index in [-0.39, 0.29) is 11.6 Å². The highest BCUT2D eigenvalue weighted by molar-refractivity contribution is 7.00. The summed E-state index contributed by atoms with van der Waals surface area (Å²) in [5.74, 6) is 0.116. The molecule has 6 nitrogen and oxygen atoms in total. The van der Waals surface area contributed by atoms with E-state index in [0.717, 1.165) is 89.2 Å². The first-order valence-corrected chi connectivity index (χ1v) is 20.5. The van der Waals surface area contributed by atoms with Crippen LogP contribution in [0.2, 0.25) is 0 Å². The maximum atomic E-state index is 14.2. The van der Waals surface area contributed by atoms with E-state index < -0.39 is 21.7 Å². The number of fused-ring (bicyclic) bond motifs is 2. The molecule has 0 saturated heterocycles. The lowest BCUT2D eigenvalue weighted by atomic mass is 9.71. The minimum Gasteiger partial charge on any atom is -0.289 e. The number of carbonyl (C=O) groups excluding carboxylic acids is 2. The van der Waals surface area contributed by atoms with Crippen LogP contribution in [0.3, 0.4) is 0 Å². The van der Waals surface area contributed by atoms with Gasteiger partial charge in [-0.1, -0.05) is 143 Å². The third kappa shape index (κ3) is 7.31. The zero-order chi connectivity index (χ0) is 41.6. The lowest BCUT2D eigenvalue weighted by molar-refractivity contribution is -0.114. The van der Waals surface area contributed by atoms with E-state index in [9.17, 15) is 9.59 Å². The molecule has 7 heteroatoms. The van der Waals surface area contributed by atoms with Gasteiger partial charge in [0.2, 0.25) is 0 Å². The van der Waals surface area contributed by atoms with Crippen molar-refractivity contribution in [2.75, 3.05) is 0 Å². The predicted octanol–water partition coefficient (Wildman–Crippen LogP) is 10.9. The van der Waals surface area contributed by atoms with Crippen molar-refractivity contribution in [3.05, 3.63) is 117 Å². The molecule has 57 heavy (non-hydrogen) atoms. The van der Waals surface area contributed by atoms with Crippen molar-refractivity contribution in [2.45, 2.75) is 96.9 Å². The molecule has 0 radical (unpaired) electrons. The summed E-state index contributed by atoms with van der Waals surface area (Å²) in [6.07, 6.45) is 8.14. The summed E-state index contributed by atoms with van der Waals surface area (Å²) in [6, 6.07) is 16.8. The van der Waals surface area contributed by atoms with Gasteiger partial charge in [0.25, 0.3) is 0 Å². The third-order valence-corrected chi connectivity index (χ3v) is 11.5. The first kappa shape index (κ1) is 40.1. The standard InChI is InChI=1S/C50H54N4O2S/c1-27-15-19-29(20-16-27)39-40(30-21-17-28(2)18-22-30)52-42-38(32-25-35(49(9,10)11)46(56)36(26-32)50(12,13)14)44-43(53-57-54-44)37(41(42)51-39)31-23-33(47(3,4)5)45(55)34(24-31)48(6,7)8/h15-26H,1-14H3. The quantitative estimate of drug-likeness (QED) is 0.178. The first-order valence-electron chi connectivity index (χ1n) is 19.8. The van der Waals surface area contributed by atoms with Gasteiger partial charge in [0.05, 0.1) is 23.1 Å². The molecule has 2 heterocycles. The van der Waals surface area contributed by atoms with Crippen LogP contribution in [0.4, 0.5) is 0 Å². The van der Waals surface area contributed by atoms with Gasteiger partial charge >= 0.3 is 0 Å². The summed E-state index contributed by atoms with van der Waals surface area (Å²) in [6.45, 7) is 29.2. The molecule has 2 aliphatic carbocycles. The molecule has 2 aliphatic rings. The first-order chi connectivity index (χ1) is 26.4. The van der Waals surface area contributed by atoms with E-state index in [4.69, 9.17) is 18.7 Å². The zero-order valence-corrected chi connectivity index (χ0v) is 36.8. The highest BCUT2D eigenvalue weighted by atomic mass is 32.1. The number of nitrogens with zero attached hydrogens (tertiary/aromatic N) is 4. The molecule has 0 saturated carbocycles. The Balaban J connectivity index is 1.82. The summed E-state index contributed by atoms with van der Waals surface area (Å²) in [5.41, 5.74) is 11.3. The molecular weight excluding hydrogens is 721 g/mol. The van der Waals surface area contributed by atoms with Crippen LogP contribution in [0.1, 0.15) is 94.2 Å². The van der Waals surface area contributed by atoms with Gasteiger partial charge in [-0.2, -0.15) is 8.75 Å². The topological polar surface area (TPSA) is 85.7 Å². The molecule has 0 fully saturated rings. The largest absolute Gasteiger partial charge is 0.289 e. The Bertz CT molecular complexity index is 2520. The van der Waals surface area contributed by atoms with Crippen molar-refractivity contribution in [2.24, 2.45) is 21.7 Å². The molecule has 2 aromatic heterocycles. The van der Waals surface area contributed by atoms with Crippen molar-refractivity contribution in [3.63, 3.8) is 0 Å². The maximum absolute atomic E-state index is 14.2. The number of hydrogen-bond acceptors (Lipinski definition) is 7. The zero-order valence-electron chi connectivity index (χ0n) is 35.9. The second kappa shape index (κ2) is 13.8. The number of Topliss-reactive ketones (excluding diaryl/α,β-unsaturated/α-hetero) is 2. The van der Waals surface area contributed by atoms with Gasteiger partial charge in [-0.15, -0.1) is 0 Å². The molecular formula is C50H54N4O2S. The predicted molar refractivity (Wildman–Crippen MR) is 237 cm³/mol. The Morgan fingerprint density at radius 2 is 0.702 bits per heavy atom. The fourth-order valence-corrected chi connectivity index (χ4v) is 8.23. The number of aryl methyl sites for hydroxylation is 2. The number of allylic oxidation sites excluding steroid dienone is 8. The van der Waals surface area contributed by atoms with Gasteiger partial charge in [-0.25, -0.2) is 9.97 Å². The summed E-state index contributed by atoms with van der Waals surface area (Å²) >= 11 is 1.15. The minimum atomic E-state index is -0.424. The summed E-state index contributed by atoms with van der Waals surface area (Å²) in [7, 11) is 0.